The van der Waals surface area contributed by atoms with Gasteiger partial charge in [-0.1, -0.05) is 24.6 Å². The maximum absolute atomic E-state index is 12.8. The van der Waals surface area contributed by atoms with Gasteiger partial charge in [-0.05, 0) is 43.4 Å². The topological polar surface area (TPSA) is 75.9 Å². The fourth-order valence-corrected chi connectivity index (χ4v) is 4.15. The number of aliphatic hydroxyl groups excluding tert-OH is 1. The zero-order chi connectivity index (χ0) is 22.7. The second-order valence-corrected chi connectivity index (χ2v) is 8.06. The lowest BCUT2D eigenvalue weighted by atomic mass is 9.86. The Hall–Kier alpha value is -3.07. The number of halogens is 3. The first-order chi connectivity index (χ1) is 15.3. The molecule has 0 spiro atoms. The molecule has 0 radical (unpaired) electrons. The number of amides is 1. The Morgan fingerprint density at radius 3 is 2.75 bits per heavy atom. The number of carbonyl (C=O) groups excluding carboxylic acids is 1. The summed E-state index contributed by atoms with van der Waals surface area (Å²) >= 11 is 0. The molecule has 9 heteroatoms. The van der Waals surface area contributed by atoms with Crippen molar-refractivity contribution in [1.29, 1.82) is 0 Å². The minimum atomic E-state index is -4.45. The van der Waals surface area contributed by atoms with Crippen molar-refractivity contribution in [1.82, 2.24) is 14.7 Å². The smallest absolute Gasteiger partial charge is 0.422 e. The van der Waals surface area contributed by atoms with Gasteiger partial charge in [0.25, 0.3) is 5.91 Å². The van der Waals surface area contributed by atoms with Crippen molar-refractivity contribution in [3.05, 3.63) is 54.5 Å². The number of alkyl halides is 3. The van der Waals surface area contributed by atoms with Gasteiger partial charge in [-0.3, -0.25) is 4.79 Å². The summed E-state index contributed by atoms with van der Waals surface area (Å²) in [6.07, 6.45) is 2.35. The monoisotopic (exact) mass is 447 g/mol. The number of rotatable bonds is 6. The number of aromatic nitrogens is 2. The summed E-state index contributed by atoms with van der Waals surface area (Å²) in [4.78, 5) is 17.3. The zero-order valence-corrected chi connectivity index (χ0v) is 17.3. The van der Waals surface area contributed by atoms with Crippen LogP contribution < -0.4 is 10.1 Å². The number of aliphatic hydroxyl groups is 1. The predicted molar refractivity (Wildman–Crippen MR) is 112 cm³/mol. The van der Waals surface area contributed by atoms with E-state index >= 15 is 0 Å². The van der Waals surface area contributed by atoms with Crippen LogP contribution in [0.1, 0.15) is 36.2 Å². The minimum absolute atomic E-state index is 0.0193. The SMILES string of the molecule is O=C(N[C@H]1CCC[C@@H](CO)C1)c1cn2cccc(-c3ccccc3OCC(F)(F)F)c2n1. The first kappa shape index (κ1) is 22.1. The van der Waals surface area contributed by atoms with E-state index in [0.717, 1.165) is 25.7 Å². The van der Waals surface area contributed by atoms with Gasteiger partial charge in [0.05, 0.1) is 0 Å². The number of hydrogen-bond acceptors (Lipinski definition) is 4. The normalized spacial score (nSPS) is 19.1. The van der Waals surface area contributed by atoms with Crippen LogP contribution in [0.25, 0.3) is 16.8 Å². The van der Waals surface area contributed by atoms with Crippen LogP contribution in [0.5, 0.6) is 5.75 Å². The van der Waals surface area contributed by atoms with Crippen LogP contribution >= 0.6 is 0 Å². The average Bonchev–Trinajstić information content (AvgIpc) is 3.22. The van der Waals surface area contributed by atoms with E-state index in [2.05, 4.69) is 10.3 Å². The first-order valence-corrected chi connectivity index (χ1v) is 10.5. The van der Waals surface area contributed by atoms with E-state index in [1.807, 2.05) is 0 Å². The number of fused-ring (bicyclic) bond motifs is 1. The van der Waals surface area contributed by atoms with Crippen molar-refractivity contribution in [2.75, 3.05) is 13.2 Å². The van der Waals surface area contributed by atoms with E-state index in [-0.39, 0.29) is 35.9 Å². The van der Waals surface area contributed by atoms with Gasteiger partial charge in [0.15, 0.2) is 6.61 Å². The molecule has 0 saturated heterocycles. The van der Waals surface area contributed by atoms with Crippen molar-refractivity contribution in [2.24, 2.45) is 5.92 Å². The molecule has 1 saturated carbocycles. The Morgan fingerprint density at radius 1 is 1.19 bits per heavy atom. The summed E-state index contributed by atoms with van der Waals surface area (Å²) in [6.45, 7) is -1.29. The van der Waals surface area contributed by atoms with E-state index < -0.39 is 12.8 Å². The van der Waals surface area contributed by atoms with E-state index in [1.54, 1.807) is 47.1 Å². The molecule has 1 fully saturated rings. The second kappa shape index (κ2) is 9.20. The van der Waals surface area contributed by atoms with Crippen molar-refractivity contribution >= 4 is 11.6 Å². The molecule has 2 N–H and O–H groups in total. The molecule has 2 aromatic heterocycles. The Labute approximate surface area is 183 Å². The number of carbonyl (C=O) groups is 1. The fourth-order valence-electron chi connectivity index (χ4n) is 4.15. The largest absolute Gasteiger partial charge is 0.483 e. The van der Waals surface area contributed by atoms with Crippen LogP contribution in [0.4, 0.5) is 13.2 Å². The molecule has 1 aromatic carbocycles. The van der Waals surface area contributed by atoms with Gasteiger partial charge in [0, 0.05) is 36.2 Å². The lowest BCUT2D eigenvalue weighted by Gasteiger charge is -2.28. The number of hydrogen-bond donors (Lipinski definition) is 2. The van der Waals surface area contributed by atoms with Crippen LogP contribution in [0.2, 0.25) is 0 Å². The highest BCUT2D eigenvalue weighted by Gasteiger charge is 2.29. The Kier molecular flexibility index (Phi) is 6.36. The van der Waals surface area contributed by atoms with E-state index in [9.17, 15) is 23.1 Å². The lowest BCUT2D eigenvalue weighted by Crippen LogP contribution is -2.39. The highest BCUT2D eigenvalue weighted by Crippen LogP contribution is 2.33. The number of benzene rings is 1. The number of nitrogens with zero attached hydrogens (tertiary/aromatic N) is 2. The van der Waals surface area contributed by atoms with Gasteiger partial charge in [0.2, 0.25) is 0 Å². The summed E-state index contributed by atoms with van der Waals surface area (Å²) in [7, 11) is 0. The maximum atomic E-state index is 12.8. The van der Waals surface area contributed by atoms with E-state index in [4.69, 9.17) is 4.74 Å². The third-order valence-electron chi connectivity index (χ3n) is 5.66. The average molecular weight is 447 g/mol. The number of pyridine rings is 1. The molecule has 0 unspecified atom stereocenters. The van der Waals surface area contributed by atoms with Crippen LogP contribution in [-0.2, 0) is 0 Å². The zero-order valence-electron chi connectivity index (χ0n) is 17.3. The molecule has 6 nitrogen and oxygen atoms in total. The molecule has 170 valence electrons. The molecule has 3 aromatic rings. The summed E-state index contributed by atoms with van der Waals surface area (Å²) in [5.41, 5.74) is 1.68. The minimum Gasteiger partial charge on any atom is -0.483 e. The standard InChI is InChI=1S/C23H24F3N3O3/c24-23(25,26)14-32-20-9-2-1-7-17(20)18-8-4-10-29-12-19(28-21(18)29)22(31)27-16-6-3-5-15(11-16)13-30/h1-2,4,7-10,12,15-16,30H,3,5-6,11,13-14H2,(H,27,31)/t15-,16+/m1/s1. The second-order valence-electron chi connectivity index (χ2n) is 8.06. The van der Waals surface area contributed by atoms with Crippen LogP contribution in [-0.4, -0.2) is 45.8 Å². The van der Waals surface area contributed by atoms with Gasteiger partial charge in [-0.2, -0.15) is 13.2 Å². The number of para-hydroxylation sites is 1. The van der Waals surface area contributed by atoms with Gasteiger partial charge in [-0.15, -0.1) is 0 Å². The molecule has 2 heterocycles. The first-order valence-electron chi connectivity index (χ1n) is 10.5. The van der Waals surface area contributed by atoms with E-state index in [0.29, 0.717) is 16.8 Å². The molecule has 0 aliphatic heterocycles. The fraction of sp³-hybridized carbons (Fsp3) is 0.391. The quantitative estimate of drug-likeness (QED) is 0.593. The van der Waals surface area contributed by atoms with Crippen molar-refractivity contribution in [3.8, 4) is 16.9 Å². The third kappa shape index (κ3) is 5.04. The number of ether oxygens (including phenoxy) is 1. The van der Waals surface area contributed by atoms with Gasteiger partial charge in [0.1, 0.15) is 17.1 Å². The van der Waals surface area contributed by atoms with E-state index in [1.165, 1.54) is 6.07 Å². The Balaban J connectivity index is 1.60. The molecular formula is C23H24F3N3O3. The molecule has 32 heavy (non-hydrogen) atoms. The highest BCUT2D eigenvalue weighted by molar-refractivity contribution is 5.94. The summed E-state index contributed by atoms with van der Waals surface area (Å²) in [6, 6.07) is 9.88. The summed E-state index contributed by atoms with van der Waals surface area (Å²) < 4.78 is 44.7. The van der Waals surface area contributed by atoms with Crippen LogP contribution in [0.15, 0.2) is 48.8 Å². The van der Waals surface area contributed by atoms with Crippen LogP contribution in [0.3, 0.4) is 0 Å². The molecule has 1 aliphatic rings. The van der Waals surface area contributed by atoms with Gasteiger partial charge in [-0.25, -0.2) is 4.98 Å². The molecule has 4 rings (SSSR count). The molecule has 2 atom stereocenters. The third-order valence-corrected chi connectivity index (χ3v) is 5.66. The molecule has 0 bridgehead atoms. The van der Waals surface area contributed by atoms with Crippen molar-refractivity contribution < 1.29 is 27.8 Å². The van der Waals surface area contributed by atoms with Gasteiger partial charge >= 0.3 is 6.18 Å². The van der Waals surface area contributed by atoms with Crippen LogP contribution in [0, 0.1) is 5.92 Å². The van der Waals surface area contributed by atoms with Gasteiger partial charge < -0.3 is 19.6 Å². The number of imidazole rings is 1. The Bertz CT molecular complexity index is 1100. The predicted octanol–water partition coefficient (Wildman–Crippen LogP) is 4.22. The summed E-state index contributed by atoms with van der Waals surface area (Å²) in [5, 5.41) is 12.4. The van der Waals surface area contributed by atoms with Crippen molar-refractivity contribution in [2.45, 2.75) is 37.9 Å². The van der Waals surface area contributed by atoms with Crippen molar-refractivity contribution in [3.63, 3.8) is 0 Å². The molecular weight excluding hydrogens is 423 g/mol. The number of nitrogens with one attached hydrogen (secondary N) is 1. The summed E-state index contributed by atoms with van der Waals surface area (Å²) in [5.74, 6) is -0.0380. The molecule has 1 aliphatic carbocycles. The molecule has 1 amide bonds. The maximum Gasteiger partial charge on any atom is 0.422 e. The highest BCUT2D eigenvalue weighted by atomic mass is 19.4. The Morgan fingerprint density at radius 2 is 1.97 bits per heavy atom. The lowest BCUT2D eigenvalue weighted by molar-refractivity contribution is -0.153.